The number of piperazine rings is 1. The maximum Gasteiger partial charge on any atom is 0.243 e. The van der Waals surface area contributed by atoms with Crippen molar-refractivity contribution in [1.29, 1.82) is 0 Å². The minimum Gasteiger partial charge on any atom is -0.298 e. The fraction of sp³-hybridized carbons (Fsp3) is 0.647. The van der Waals surface area contributed by atoms with Crippen LogP contribution in [0.2, 0.25) is 0 Å². The highest BCUT2D eigenvalue weighted by Gasteiger charge is 2.32. The van der Waals surface area contributed by atoms with Crippen molar-refractivity contribution in [2.45, 2.75) is 43.5 Å². The molecule has 0 aromatic heterocycles. The standard InChI is InChI=1S/C17H26N2O2S/c1-15-6-5-7-16(14-15)18-10-12-19(13-11-18)22(20,21)17-8-3-2-4-9-17/h2-4,8-9,15-16H,5-7,10-14H2,1H3/t15-,16+/m1/s1. The lowest BCUT2D eigenvalue weighted by Crippen LogP contribution is -2.52. The fourth-order valence-corrected chi connectivity index (χ4v) is 5.23. The third-order valence-electron chi connectivity index (χ3n) is 5.08. The van der Waals surface area contributed by atoms with E-state index in [4.69, 9.17) is 0 Å². The lowest BCUT2D eigenvalue weighted by Gasteiger charge is -2.41. The Morgan fingerprint density at radius 3 is 2.32 bits per heavy atom. The van der Waals surface area contributed by atoms with Crippen molar-refractivity contribution < 1.29 is 8.42 Å². The molecule has 3 rings (SSSR count). The summed E-state index contributed by atoms with van der Waals surface area (Å²) in [6.45, 7) is 5.29. The second kappa shape index (κ2) is 6.69. The smallest absolute Gasteiger partial charge is 0.243 e. The maximum absolute atomic E-state index is 12.6. The van der Waals surface area contributed by atoms with Gasteiger partial charge in [-0.2, -0.15) is 4.31 Å². The molecule has 1 aromatic rings. The van der Waals surface area contributed by atoms with Gasteiger partial charge in [0.25, 0.3) is 0 Å². The van der Waals surface area contributed by atoms with Crippen LogP contribution in [0.3, 0.4) is 0 Å². The van der Waals surface area contributed by atoms with E-state index >= 15 is 0 Å². The highest BCUT2D eigenvalue weighted by atomic mass is 32.2. The molecule has 1 aliphatic heterocycles. The molecule has 0 spiro atoms. The fourth-order valence-electron chi connectivity index (χ4n) is 3.78. The summed E-state index contributed by atoms with van der Waals surface area (Å²) in [5.41, 5.74) is 0. The highest BCUT2D eigenvalue weighted by molar-refractivity contribution is 7.89. The Bertz CT molecular complexity index is 580. The van der Waals surface area contributed by atoms with E-state index in [0.717, 1.165) is 19.0 Å². The normalized spacial score (nSPS) is 28.6. The van der Waals surface area contributed by atoms with Crippen molar-refractivity contribution in [3.05, 3.63) is 30.3 Å². The predicted molar refractivity (Wildman–Crippen MR) is 88.2 cm³/mol. The molecule has 0 amide bonds. The molecular formula is C17H26N2O2S. The van der Waals surface area contributed by atoms with Crippen molar-refractivity contribution >= 4 is 10.0 Å². The van der Waals surface area contributed by atoms with Gasteiger partial charge in [-0.15, -0.1) is 0 Å². The van der Waals surface area contributed by atoms with Crippen molar-refractivity contribution in [1.82, 2.24) is 9.21 Å². The van der Waals surface area contributed by atoms with Crippen LogP contribution >= 0.6 is 0 Å². The summed E-state index contributed by atoms with van der Waals surface area (Å²) in [4.78, 5) is 2.92. The Kier molecular flexibility index (Phi) is 4.85. The number of hydrogen-bond donors (Lipinski definition) is 0. The van der Waals surface area contributed by atoms with Gasteiger partial charge in [0.05, 0.1) is 4.90 Å². The first kappa shape index (κ1) is 16.0. The van der Waals surface area contributed by atoms with Crippen LogP contribution < -0.4 is 0 Å². The van der Waals surface area contributed by atoms with Crippen molar-refractivity contribution in [2.75, 3.05) is 26.2 Å². The Morgan fingerprint density at radius 2 is 1.68 bits per heavy atom. The van der Waals surface area contributed by atoms with Crippen LogP contribution in [0.1, 0.15) is 32.6 Å². The summed E-state index contributed by atoms with van der Waals surface area (Å²) in [6.07, 6.45) is 5.20. The molecule has 2 aliphatic rings. The lowest BCUT2D eigenvalue weighted by atomic mass is 9.86. The average molecular weight is 322 g/mol. The molecule has 22 heavy (non-hydrogen) atoms. The van der Waals surface area contributed by atoms with E-state index in [1.807, 2.05) is 6.07 Å². The van der Waals surface area contributed by atoms with Gasteiger partial charge >= 0.3 is 0 Å². The summed E-state index contributed by atoms with van der Waals surface area (Å²) in [5.74, 6) is 0.810. The van der Waals surface area contributed by atoms with Gasteiger partial charge in [-0.05, 0) is 30.9 Å². The molecule has 122 valence electrons. The van der Waals surface area contributed by atoms with Crippen LogP contribution in [0, 0.1) is 5.92 Å². The van der Waals surface area contributed by atoms with Crippen LogP contribution in [-0.4, -0.2) is 49.8 Å². The SMILES string of the molecule is C[C@@H]1CCC[C@H](N2CCN(S(=O)(=O)c3ccccc3)CC2)C1. The third-order valence-corrected chi connectivity index (χ3v) is 6.99. The van der Waals surface area contributed by atoms with Gasteiger partial charge in [0.15, 0.2) is 0 Å². The average Bonchev–Trinajstić information content (AvgIpc) is 2.56. The lowest BCUT2D eigenvalue weighted by molar-refractivity contribution is 0.0967. The van der Waals surface area contributed by atoms with Crippen LogP contribution in [0.15, 0.2) is 35.2 Å². The number of benzene rings is 1. The molecule has 1 saturated heterocycles. The Hall–Kier alpha value is -0.910. The molecule has 2 fully saturated rings. The Morgan fingerprint density at radius 1 is 1.00 bits per heavy atom. The molecule has 0 unspecified atom stereocenters. The quantitative estimate of drug-likeness (QED) is 0.859. The molecule has 1 saturated carbocycles. The zero-order valence-electron chi connectivity index (χ0n) is 13.3. The van der Waals surface area contributed by atoms with E-state index in [0.29, 0.717) is 24.0 Å². The Balaban J connectivity index is 1.62. The molecule has 0 N–H and O–H groups in total. The summed E-state index contributed by atoms with van der Waals surface area (Å²) < 4.78 is 26.9. The Labute approximate surface area is 134 Å². The van der Waals surface area contributed by atoms with E-state index in [1.54, 1.807) is 28.6 Å². The highest BCUT2D eigenvalue weighted by Crippen LogP contribution is 2.28. The summed E-state index contributed by atoms with van der Waals surface area (Å²) >= 11 is 0. The molecule has 0 radical (unpaired) electrons. The van der Waals surface area contributed by atoms with Crippen molar-refractivity contribution in [3.63, 3.8) is 0 Å². The minimum absolute atomic E-state index is 0.412. The monoisotopic (exact) mass is 322 g/mol. The van der Waals surface area contributed by atoms with Gasteiger partial charge in [-0.3, -0.25) is 4.90 Å². The number of nitrogens with zero attached hydrogens (tertiary/aromatic N) is 2. The zero-order valence-corrected chi connectivity index (χ0v) is 14.1. The summed E-state index contributed by atoms with van der Waals surface area (Å²) in [7, 11) is -3.32. The van der Waals surface area contributed by atoms with Gasteiger partial charge in [0, 0.05) is 32.2 Å². The molecule has 5 heteroatoms. The van der Waals surface area contributed by atoms with E-state index in [-0.39, 0.29) is 0 Å². The van der Waals surface area contributed by atoms with Gasteiger partial charge < -0.3 is 0 Å². The van der Waals surface area contributed by atoms with Gasteiger partial charge in [-0.1, -0.05) is 38.0 Å². The van der Waals surface area contributed by atoms with Crippen molar-refractivity contribution in [2.24, 2.45) is 5.92 Å². The molecule has 1 aliphatic carbocycles. The first-order chi connectivity index (χ1) is 10.6. The van der Waals surface area contributed by atoms with E-state index in [1.165, 1.54) is 25.7 Å². The first-order valence-corrected chi connectivity index (χ1v) is 9.80. The second-order valence-corrected chi connectivity index (χ2v) is 8.62. The largest absolute Gasteiger partial charge is 0.298 e. The molecule has 2 atom stereocenters. The van der Waals surface area contributed by atoms with Crippen molar-refractivity contribution in [3.8, 4) is 0 Å². The third kappa shape index (κ3) is 3.36. The summed E-state index contributed by atoms with van der Waals surface area (Å²) in [6, 6.07) is 9.44. The molecule has 1 heterocycles. The second-order valence-electron chi connectivity index (χ2n) is 6.68. The summed E-state index contributed by atoms with van der Waals surface area (Å²) in [5, 5.41) is 0. The molecule has 0 bridgehead atoms. The molecule has 1 aromatic carbocycles. The van der Waals surface area contributed by atoms with Crippen LogP contribution in [0.5, 0.6) is 0 Å². The topological polar surface area (TPSA) is 40.6 Å². The predicted octanol–water partition coefficient (Wildman–Crippen LogP) is 2.57. The van der Waals surface area contributed by atoms with Crippen LogP contribution in [0.4, 0.5) is 0 Å². The number of rotatable bonds is 3. The van der Waals surface area contributed by atoms with Crippen LogP contribution in [0.25, 0.3) is 0 Å². The van der Waals surface area contributed by atoms with Gasteiger partial charge in [-0.25, -0.2) is 8.42 Å². The van der Waals surface area contributed by atoms with E-state index in [2.05, 4.69) is 11.8 Å². The van der Waals surface area contributed by atoms with Gasteiger partial charge in [0.1, 0.15) is 0 Å². The minimum atomic E-state index is -3.32. The van der Waals surface area contributed by atoms with Crippen LogP contribution in [-0.2, 0) is 10.0 Å². The van der Waals surface area contributed by atoms with E-state index in [9.17, 15) is 8.42 Å². The number of hydrogen-bond acceptors (Lipinski definition) is 3. The maximum atomic E-state index is 12.6. The zero-order chi connectivity index (χ0) is 15.6. The first-order valence-electron chi connectivity index (χ1n) is 8.36. The number of sulfonamides is 1. The molecular weight excluding hydrogens is 296 g/mol. The molecule has 4 nitrogen and oxygen atoms in total. The van der Waals surface area contributed by atoms with Gasteiger partial charge in [0.2, 0.25) is 10.0 Å². The van der Waals surface area contributed by atoms with E-state index < -0.39 is 10.0 Å².